The number of nitrogens with two attached hydrogens (primary N) is 2. The van der Waals surface area contributed by atoms with Crippen LogP contribution in [-0.2, 0) is 11.3 Å². The Labute approximate surface area is 148 Å². The molecule has 2 rings (SSSR count). The molecule has 25 heavy (non-hydrogen) atoms. The lowest BCUT2D eigenvalue weighted by atomic mass is 9.98. The van der Waals surface area contributed by atoms with E-state index in [2.05, 4.69) is 4.99 Å². The highest BCUT2D eigenvalue weighted by molar-refractivity contribution is 5.99. The number of nitrogens with zero attached hydrogens (tertiary/aromatic N) is 2. The van der Waals surface area contributed by atoms with Gasteiger partial charge >= 0.3 is 0 Å². The van der Waals surface area contributed by atoms with Gasteiger partial charge in [0.2, 0.25) is 11.8 Å². The molecule has 2 amide bonds. The Kier molecular flexibility index (Phi) is 4.79. The van der Waals surface area contributed by atoms with Gasteiger partial charge in [0.05, 0.1) is 18.5 Å². The number of guanidine groups is 1. The van der Waals surface area contributed by atoms with E-state index in [4.69, 9.17) is 16.2 Å². The van der Waals surface area contributed by atoms with Crippen LogP contribution in [0.5, 0.6) is 5.75 Å². The van der Waals surface area contributed by atoms with E-state index >= 15 is 0 Å². The van der Waals surface area contributed by atoms with Gasteiger partial charge in [-0.05, 0) is 52.8 Å². The first-order valence-corrected chi connectivity index (χ1v) is 8.15. The first-order valence-electron chi connectivity index (χ1n) is 8.15. The summed E-state index contributed by atoms with van der Waals surface area (Å²) in [5.41, 5.74) is 11.4. The highest BCUT2D eigenvalue weighted by atomic mass is 16.5. The van der Waals surface area contributed by atoms with Crippen molar-refractivity contribution in [1.29, 1.82) is 0 Å². The number of carbonyl (C=O) groups excluding carboxylic acids is 2. The minimum absolute atomic E-state index is 0.122. The smallest absolute Gasteiger partial charge is 0.248 e. The van der Waals surface area contributed by atoms with Crippen molar-refractivity contribution in [1.82, 2.24) is 4.90 Å². The largest absolute Gasteiger partial charge is 0.488 e. The first-order chi connectivity index (χ1) is 11.4. The number of primary amides is 1. The van der Waals surface area contributed by atoms with Crippen molar-refractivity contribution >= 4 is 17.8 Å². The number of hydrogen-bond acceptors (Lipinski definition) is 5. The van der Waals surface area contributed by atoms with Crippen molar-refractivity contribution in [2.24, 2.45) is 16.5 Å². The molecule has 0 spiro atoms. The van der Waals surface area contributed by atoms with Crippen molar-refractivity contribution in [3.63, 3.8) is 0 Å². The summed E-state index contributed by atoms with van der Waals surface area (Å²) >= 11 is 0. The van der Waals surface area contributed by atoms with Crippen LogP contribution in [-0.4, -0.2) is 33.8 Å². The Morgan fingerprint density at radius 1 is 1.36 bits per heavy atom. The molecule has 136 valence electrons. The molecule has 0 aromatic heterocycles. The van der Waals surface area contributed by atoms with Crippen LogP contribution in [0.3, 0.4) is 0 Å². The zero-order valence-corrected chi connectivity index (χ0v) is 15.4. The predicted octanol–water partition coefficient (Wildman–Crippen LogP) is 1.79. The summed E-state index contributed by atoms with van der Waals surface area (Å²) in [5.74, 6) is 0.0651. The van der Waals surface area contributed by atoms with Gasteiger partial charge in [0.15, 0.2) is 5.96 Å². The number of carbonyl (C=O) groups is 2. The summed E-state index contributed by atoms with van der Waals surface area (Å²) in [5, 5.41) is 0. The van der Waals surface area contributed by atoms with Gasteiger partial charge in [0.1, 0.15) is 11.4 Å². The summed E-state index contributed by atoms with van der Waals surface area (Å²) in [4.78, 5) is 29.8. The third-order valence-electron chi connectivity index (χ3n) is 3.67. The average molecular weight is 346 g/mol. The van der Waals surface area contributed by atoms with E-state index in [0.717, 1.165) is 0 Å². The van der Waals surface area contributed by atoms with Crippen LogP contribution < -0.4 is 16.2 Å². The van der Waals surface area contributed by atoms with Crippen molar-refractivity contribution in [2.45, 2.75) is 58.7 Å². The molecule has 0 bridgehead atoms. The average Bonchev–Trinajstić information content (AvgIpc) is 2.41. The summed E-state index contributed by atoms with van der Waals surface area (Å²) in [6.45, 7) is 9.64. The minimum Gasteiger partial charge on any atom is -0.488 e. The van der Waals surface area contributed by atoms with Crippen molar-refractivity contribution in [3.8, 4) is 5.75 Å². The van der Waals surface area contributed by atoms with E-state index < -0.39 is 17.0 Å². The van der Waals surface area contributed by atoms with Crippen molar-refractivity contribution in [2.75, 3.05) is 0 Å². The molecule has 0 aliphatic carbocycles. The molecule has 1 aliphatic heterocycles. The van der Waals surface area contributed by atoms with E-state index in [1.807, 2.05) is 34.6 Å². The van der Waals surface area contributed by atoms with Crippen molar-refractivity contribution < 1.29 is 14.3 Å². The first kappa shape index (κ1) is 18.8. The molecule has 0 atom stereocenters. The molecule has 0 radical (unpaired) electrons. The fourth-order valence-electron chi connectivity index (χ4n) is 2.63. The minimum atomic E-state index is -0.545. The number of benzene rings is 1. The number of amides is 2. The number of hydrogen-bond donors (Lipinski definition) is 2. The molecule has 7 nitrogen and oxygen atoms in total. The third kappa shape index (κ3) is 4.71. The second kappa shape index (κ2) is 6.38. The Hall–Kier alpha value is -2.57. The maximum atomic E-state index is 12.5. The van der Waals surface area contributed by atoms with Crippen LogP contribution in [0.25, 0.3) is 0 Å². The van der Waals surface area contributed by atoms with Gasteiger partial charge in [-0.25, -0.2) is 4.99 Å². The zero-order chi connectivity index (χ0) is 19.0. The molecule has 1 heterocycles. The van der Waals surface area contributed by atoms with Crippen LogP contribution in [0.15, 0.2) is 23.2 Å². The SMILES string of the molecule is CC1(C)CC(=O)N(Cc2cc(C(N)=O)ccc2OC(C)(C)C)C(N)=N1. The Balaban J connectivity index is 2.41. The summed E-state index contributed by atoms with van der Waals surface area (Å²) in [7, 11) is 0. The summed E-state index contributed by atoms with van der Waals surface area (Å²) in [6.07, 6.45) is 0.263. The van der Waals surface area contributed by atoms with Crippen LogP contribution in [0.4, 0.5) is 0 Å². The zero-order valence-electron chi connectivity index (χ0n) is 15.4. The topological polar surface area (TPSA) is 111 Å². The highest BCUT2D eigenvalue weighted by Crippen LogP contribution is 2.28. The van der Waals surface area contributed by atoms with E-state index in [9.17, 15) is 9.59 Å². The van der Waals surface area contributed by atoms with Crippen LogP contribution in [0.1, 0.15) is 57.0 Å². The molecular formula is C18H26N4O3. The van der Waals surface area contributed by atoms with E-state index in [1.54, 1.807) is 18.2 Å². The Bertz CT molecular complexity index is 732. The van der Waals surface area contributed by atoms with Gasteiger partial charge in [-0.3, -0.25) is 14.5 Å². The monoisotopic (exact) mass is 346 g/mol. The molecule has 1 aromatic carbocycles. The fraction of sp³-hybridized carbons (Fsp3) is 0.500. The van der Waals surface area contributed by atoms with Gasteiger partial charge in [-0.1, -0.05) is 0 Å². The second-order valence-electron chi connectivity index (χ2n) is 7.84. The molecule has 0 saturated carbocycles. The fourth-order valence-corrected chi connectivity index (χ4v) is 2.63. The van der Waals surface area contributed by atoms with E-state index in [-0.39, 0.29) is 24.8 Å². The number of ether oxygens (including phenoxy) is 1. The molecule has 0 unspecified atom stereocenters. The van der Waals surface area contributed by atoms with Gasteiger partial charge in [-0.2, -0.15) is 0 Å². The summed E-state index contributed by atoms with van der Waals surface area (Å²) in [6, 6.07) is 4.92. The standard InChI is InChI=1S/C18H26N4O3/c1-17(2,3)25-13-7-6-11(15(19)24)8-12(13)10-22-14(23)9-18(4,5)21-16(22)20/h6-8H,9-10H2,1-5H3,(H2,19,24)(H2,20,21). The lowest BCUT2D eigenvalue weighted by Gasteiger charge is -2.33. The Morgan fingerprint density at radius 2 is 2.00 bits per heavy atom. The van der Waals surface area contributed by atoms with Crippen LogP contribution >= 0.6 is 0 Å². The van der Waals surface area contributed by atoms with Gasteiger partial charge < -0.3 is 16.2 Å². The molecular weight excluding hydrogens is 320 g/mol. The molecule has 1 aromatic rings. The van der Waals surface area contributed by atoms with Crippen LogP contribution in [0.2, 0.25) is 0 Å². The van der Waals surface area contributed by atoms with Crippen molar-refractivity contribution in [3.05, 3.63) is 29.3 Å². The number of aliphatic imine (C=N–C) groups is 1. The number of rotatable bonds is 4. The van der Waals surface area contributed by atoms with Gasteiger partial charge in [0.25, 0.3) is 0 Å². The molecule has 0 saturated heterocycles. The lowest BCUT2D eigenvalue weighted by Crippen LogP contribution is -2.49. The maximum Gasteiger partial charge on any atom is 0.248 e. The maximum absolute atomic E-state index is 12.5. The molecule has 1 aliphatic rings. The van der Waals surface area contributed by atoms with Gasteiger partial charge in [-0.15, -0.1) is 0 Å². The molecule has 4 N–H and O–H groups in total. The van der Waals surface area contributed by atoms with E-state index in [0.29, 0.717) is 16.9 Å². The normalized spacial score (nSPS) is 17.2. The molecule has 7 heteroatoms. The lowest BCUT2D eigenvalue weighted by molar-refractivity contribution is -0.129. The van der Waals surface area contributed by atoms with Crippen LogP contribution in [0, 0.1) is 0 Å². The quantitative estimate of drug-likeness (QED) is 0.865. The highest BCUT2D eigenvalue weighted by Gasteiger charge is 2.33. The second-order valence-corrected chi connectivity index (χ2v) is 7.84. The summed E-state index contributed by atoms with van der Waals surface area (Å²) < 4.78 is 5.95. The van der Waals surface area contributed by atoms with Gasteiger partial charge in [0, 0.05) is 11.1 Å². The third-order valence-corrected chi connectivity index (χ3v) is 3.67. The molecule has 0 fully saturated rings. The van der Waals surface area contributed by atoms with E-state index in [1.165, 1.54) is 4.90 Å². The predicted molar refractivity (Wildman–Crippen MR) is 96.2 cm³/mol. The Morgan fingerprint density at radius 3 is 2.52 bits per heavy atom.